The minimum atomic E-state index is -0.453. The molecule has 0 unspecified atom stereocenters. The summed E-state index contributed by atoms with van der Waals surface area (Å²) < 4.78 is 7.20. The summed E-state index contributed by atoms with van der Waals surface area (Å²) in [6, 6.07) is 23.1. The van der Waals surface area contributed by atoms with E-state index in [-0.39, 0.29) is 5.69 Å². The van der Waals surface area contributed by atoms with E-state index in [1.807, 2.05) is 18.4 Å². The van der Waals surface area contributed by atoms with Crippen LogP contribution in [0.4, 0.5) is 0 Å². The summed E-state index contributed by atoms with van der Waals surface area (Å²) in [5, 5.41) is 13.2. The Labute approximate surface area is 253 Å². The number of pyridine rings is 1. The molecule has 0 saturated heterocycles. The minimum Gasteiger partial charge on any atom is -0.464 e. The van der Waals surface area contributed by atoms with Gasteiger partial charge in [0.25, 0.3) is 0 Å². The quantitative estimate of drug-likeness (QED) is 0.185. The fourth-order valence-electron chi connectivity index (χ4n) is 5.43. The Morgan fingerprint density at radius 3 is 2.57 bits per heavy atom. The number of carbonyl (C=O) groups excluding carboxylic acids is 1. The van der Waals surface area contributed by atoms with Crippen molar-refractivity contribution in [2.24, 2.45) is 0 Å². The molecule has 0 amide bonds. The lowest BCUT2D eigenvalue weighted by molar-refractivity contribution is 0.0594. The van der Waals surface area contributed by atoms with Gasteiger partial charge in [-0.2, -0.15) is 5.26 Å². The zero-order chi connectivity index (χ0) is 29.4. The smallest absolute Gasteiger partial charge is 0.356 e. The number of aryl methyl sites for hydroxylation is 2. The van der Waals surface area contributed by atoms with Crippen molar-refractivity contribution in [1.82, 2.24) is 8.96 Å². The number of nitriles is 1. The van der Waals surface area contributed by atoms with Crippen molar-refractivity contribution in [2.75, 3.05) is 7.11 Å². The number of methoxy groups -OCH3 is 1. The number of benzene rings is 2. The molecule has 208 valence electrons. The van der Waals surface area contributed by atoms with E-state index in [1.54, 1.807) is 18.0 Å². The average molecular weight is 588 g/mol. The third-order valence-electron chi connectivity index (χ3n) is 7.57. The Hall–Kier alpha value is -4.38. The molecule has 1 aliphatic rings. The Balaban J connectivity index is 1.61. The Morgan fingerprint density at radius 2 is 1.83 bits per heavy atom. The van der Waals surface area contributed by atoms with Crippen LogP contribution in [0, 0.1) is 25.2 Å². The van der Waals surface area contributed by atoms with E-state index >= 15 is 0 Å². The fraction of sp³-hybridized carbons (Fsp3) is 0.171. The normalized spacial score (nSPS) is 13.0. The van der Waals surface area contributed by atoms with Crippen LogP contribution in [0.2, 0.25) is 0 Å². The molecule has 0 atom stereocenters. The van der Waals surface area contributed by atoms with Crippen molar-refractivity contribution in [1.29, 1.82) is 5.26 Å². The first-order valence-electron chi connectivity index (χ1n) is 13.7. The largest absolute Gasteiger partial charge is 0.464 e. The second-order valence-corrected chi connectivity index (χ2v) is 12.4. The van der Waals surface area contributed by atoms with E-state index in [9.17, 15) is 10.1 Å². The fourth-order valence-corrected chi connectivity index (χ4v) is 7.22. The van der Waals surface area contributed by atoms with Gasteiger partial charge in [-0.05, 0) is 86.8 Å². The van der Waals surface area contributed by atoms with E-state index in [1.165, 1.54) is 34.5 Å². The van der Waals surface area contributed by atoms with Crippen LogP contribution in [0.15, 0.2) is 88.7 Å². The number of hydrogen-bond donors (Lipinski definition) is 0. The monoisotopic (exact) mass is 587 g/mol. The van der Waals surface area contributed by atoms with Crippen LogP contribution in [0.25, 0.3) is 44.4 Å². The average Bonchev–Trinajstić information content (AvgIpc) is 3.59. The van der Waals surface area contributed by atoms with Gasteiger partial charge in [0.2, 0.25) is 0 Å². The van der Waals surface area contributed by atoms with Crippen molar-refractivity contribution in [3.8, 4) is 39.6 Å². The predicted octanol–water partition coefficient (Wildman–Crippen LogP) is 9.49. The summed E-state index contributed by atoms with van der Waals surface area (Å²) in [5.41, 5.74) is 10.8. The summed E-state index contributed by atoms with van der Waals surface area (Å²) >= 11 is 3.23. The molecule has 42 heavy (non-hydrogen) atoms. The topological polar surface area (TPSA) is 67.9 Å². The standard InChI is InChI=1S/C35H29N3O2S2/c1-21-8-11-26(12-9-21)42-38-31-15-10-22(2)18-29(31)33(28-16-17-41-32(28)20-36)34(38)25-7-5-6-24(19-25)27-13-14-30(35(39)40-4)37-23(27)3/h5-8,10-11,13-19H,9,12H2,1-4H3. The van der Waals surface area contributed by atoms with Crippen molar-refractivity contribution in [2.45, 2.75) is 33.6 Å². The van der Waals surface area contributed by atoms with Gasteiger partial charge in [0.15, 0.2) is 0 Å². The maximum atomic E-state index is 12.1. The highest BCUT2D eigenvalue weighted by molar-refractivity contribution is 8.01. The number of aromatic nitrogens is 2. The molecule has 5 nitrogen and oxygen atoms in total. The van der Waals surface area contributed by atoms with Gasteiger partial charge in [-0.15, -0.1) is 11.3 Å². The molecule has 0 aliphatic heterocycles. The summed E-state index contributed by atoms with van der Waals surface area (Å²) in [5.74, 6) is -0.453. The molecule has 0 fully saturated rings. The molecule has 0 saturated carbocycles. The van der Waals surface area contributed by atoms with Gasteiger partial charge in [0.05, 0.1) is 18.3 Å². The van der Waals surface area contributed by atoms with Gasteiger partial charge in [-0.1, -0.05) is 53.6 Å². The van der Waals surface area contributed by atoms with Crippen molar-refractivity contribution in [3.05, 3.63) is 111 Å². The Kier molecular flexibility index (Phi) is 7.59. The summed E-state index contributed by atoms with van der Waals surface area (Å²) in [6.45, 7) is 6.19. The highest BCUT2D eigenvalue weighted by Crippen LogP contribution is 2.47. The second kappa shape index (κ2) is 11.5. The number of allylic oxidation sites excluding steroid dienone is 4. The van der Waals surface area contributed by atoms with Gasteiger partial charge in [-0.3, -0.25) is 3.97 Å². The lowest BCUT2D eigenvalue weighted by Crippen LogP contribution is -2.05. The third kappa shape index (κ3) is 5.09. The first-order valence-corrected chi connectivity index (χ1v) is 15.4. The minimum absolute atomic E-state index is 0.288. The summed E-state index contributed by atoms with van der Waals surface area (Å²) in [7, 11) is 1.36. The molecule has 3 aromatic heterocycles. The molecular weight excluding hydrogens is 559 g/mol. The molecule has 5 aromatic rings. The molecule has 2 aromatic carbocycles. The number of hydrogen-bond acceptors (Lipinski definition) is 6. The van der Waals surface area contributed by atoms with Crippen molar-refractivity contribution >= 4 is 40.2 Å². The number of carbonyl (C=O) groups is 1. The predicted molar refractivity (Wildman–Crippen MR) is 174 cm³/mol. The second-order valence-electron chi connectivity index (χ2n) is 10.5. The van der Waals surface area contributed by atoms with E-state index in [4.69, 9.17) is 4.74 Å². The number of thiophene rings is 1. The van der Waals surface area contributed by atoms with Crippen LogP contribution in [0.5, 0.6) is 0 Å². The van der Waals surface area contributed by atoms with E-state index < -0.39 is 5.97 Å². The highest BCUT2D eigenvalue weighted by Gasteiger charge is 2.25. The summed E-state index contributed by atoms with van der Waals surface area (Å²) in [4.78, 5) is 18.6. The third-order valence-corrected chi connectivity index (χ3v) is 9.53. The molecule has 0 bridgehead atoms. The number of esters is 1. The zero-order valence-corrected chi connectivity index (χ0v) is 25.5. The first-order chi connectivity index (χ1) is 20.4. The van der Waals surface area contributed by atoms with Gasteiger partial charge < -0.3 is 4.74 Å². The van der Waals surface area contributed by atoms with Crippen molar-refractivity contribution < 1.29 is 9.53 Å². The van der Waals surface area contributed by atoms with Gasteiger partial charge in [-0.25, -0.2) is 9.78 Å². The first kappa shape index (κ1) is 27.8. The zero-order valence-electron chi connectivity index (χ0n) is 23.9. The SMILES string of the molecule is COC(=O)c1ccc(-c2cccc(-c3c(-c4ccsc4C#N)c4cc(C)ccc4n3SC3=CC=C(C)CC3)c2)c(C)n1. The van der Waals surface area contributed by atoms with Gasteiger partial charge >= 0.3 is 5.97 Å². The molecule has 3 heterocycles. The van der Waals surface area contributed by atoms with Crippen LogP contribution < -0.4 is 0 Å². The number of rotatable bonds is 6. The van der Waals surface area contributed by atoms with Gasteiger partial charge in [0, 0.05) is 38.2 Å². The lowest BCUT2D eigenvalue weighted by atomic mass is 9.95. The summed E-state index contributed by atoms with van der Waals surface area (Å²) in [6.07, 6.45) is 6.48. The number of fused-ring (bicyclic) bond motifs is 1. The van der Waals surface area contributed by atoms with E-state index in [2.05, 4.69) is 89.6 Å². The maximum absolute atomic E-state index is 12.1. The molecule has 6 rings (SSSR count). The molecule has 0 spiro atoms. The molecule has 1 aliphatic carbocycles. The van der Waals surface area contributed by atoms with Crippen LogP contribution in [-0.2, 0) is 4.74 Å². The number of ether oxygens (including phenoxy) is 1. The van der Waals surface area contributed by atoms with Crippen LogP contribution in [-0.4, -0.2) is 22.0 Å². The molecular formula is C35H29N3O2S2. The van der Waals surface area contributed by atoms with Gasteiger partial charge in [0.1, 0.15) is 16.6 Å². The highest BCUT2D eigenvalue weighted by atomic mass is 32.2. The Morgan fingerprint density at radius 1 is 1.00 bits per heavy atom. The molecule has 0 N–H and O–H groups in total. The van der Waals surface area contributed by atoms with E-state index in [0.717, 1.165) is 62.9 Å². The van der Waals surface area contributed by atoms with Crippen LogP contribution in [0.1, 0.15) is 46.4 Å². The van der Waals surface area contributed by atoms with Crippen molar-refractivity contribution in [3.63, 3.8) is 0 Å². The van der Waals surface area contributed by atoms with E-state index in [0.29, 0.717) is 4.88 Å². The lowest BCUT2D eigenvalue weighted by Gasteiger charge is -2.17. The molecule has 0 radical (unpaired) electrons. The molecule has 7 heteroatoms. The van der Waals surface area contributed by atoms with Crippen LogP contribution in [0.3, 0.4) is 0 Å². The maximum Gasteiger partial charge on any atom is 0.356 e. The van der Waals surface area contributed by atoms with Crippen LogP contribution >= 0.6 is 23.3 Å². The Bertz CT molecular complexity index is 1970. The number of nitrogens with zero attached hydrogens (tertiary/aromatic N) is 3.